The first-order valence-corrected chi connectivity index (χ1v) is 4.65. The molecule has 0 fully saturated rings. The van der Waals surface area contributed by atoms with Crippen LogP contribution in [-0.4, -0.2) is 16.2 Å². The molecule has 72 valence electrons. The Labute approximate surface area is 83.2 Å². The van der Waals surface area contributed by atoms with Crippen molar-refractivity contribution in [3.63, 3.8) is 0 Å². The molecule has 0 atom stereocenters. The number of hydrogen-bond acceptors (Lipinski definition) is 4. The molecule has 0 saturated heterocycles. The van der Waals surface area contributed by atoms with Gasteiger partial charge in [-0.05, 0) is 23.6 Å². The Balaban J connectivity index is 2.76. The molecule has 4 N–H and O–H groups in total. The lowest BCUT2D eigenvalue weighted by Crippen LogP contribution is -2.01. The van der Waals surface area contributed by atoms with E-state index in [-0.39, 0.29) is 16.3 Å². The molecule has 2 aromatic rings. The standard InChI is InChI=1S/C9H7NO3S/c10-6-3-7-4(2-8(11)14-7)1-5(6)9(12)13/h1-3,11H,10H2,(H,12,13). The van der Waals surface area contributed by atoms with Crippen LogP contribution in [0, 0.1) is 0 Å². The second-order valence-electron chi connectivity index (χ2n) is 2.87. The van der Waals surface area contributed by atoms with Crippen LogP contribution in [0.15, 0.2) is 18.2 Å². The second-order valence-corrected chi connectivity index (χ2v) is 3.93. The van der Waals surface area contributed by atoms with Crippen molar-refractivity contribution in [2.45, 2.75) is 0 Å². The van der Waals surface area contributed by atoms with Gasteiger partial charge in [0.2, 0.25) is 0 Å². The maximum absolute atomic E-state index is 10.7. The molecule has 1 aromatic heterocycles. The fourth-order valence-electron chi connectivity index (χ4n) is 1.27. The minimum atomic E-state index is -1.06. The predicted octanol–water partition coefficient (Wildman–Crippen LogP) is 1.89. The topological polar surface area (TPSA) is 83.5 Å². The summed E-state index contributed by atoms with van der Waals surface area (Å²) in [6.07, 6.45) is 0. The van der Waals surface area contributed by atoms with Gasteiger partial charge in [0.1, 0.15) is 0 Å². The zero-order chi connectivity index (χ0) is 10.3. The van der Waals surface area contributed by atoms with E-state index in [0.29, 0.717) is 5.39 Å². The Morgan fingerprint density at radius 3 is 2.71 bits per heavy atom. The number of fused-ring (bicyclic) bond motifs is 1. The number of nitrogen functional groups attached to an aromatic ring is 1. The highest BCUT2D eigenvalue weighted by molar-refractivity contribution is 7.20. The maximum Gasteiger partial charge on any atom is 0.337 e. The number of anilines is 1. The van der Waals surface area contributed by atoms with E-state index in [4.69, 9.17) is 10.8 Å². The third-order valence-electron chi connectivity index (χ3n) is 1.91. The SMILES string of the molecule is Nc1cc2sc(O)cc2cc1C(=O)O. The van der Waals surface area contributed by atoms with Crippen LogP contribution >= 0.6 is 11.3 Å². The fourth-order valence-corrected chi connectivity index (χ4v) is 2.11. The van der Waals surface area contributed by atoms with E-state index < -0.39 is 5.97 Å². The first kappa shape index (κ1) is 8.83. The zero-order valence-electron chi connectivity index (χ0n) is 7.02. The van der Waals surface area contributed by atoms with Crippen LogP contribution in [-0.2, 0) is 0 Å². The average Bonchev–Trinajstić information content (AvgIpc) is 2.42. The molecular weight excluding hydrogens is 202 g/mol. The minimum Gasteiger partial charge on any atom is -0.499 e. The number of nitrogens with two attached hydrogens (primary N) is 1. The van der Waals surface area contributed by atoms with Gasteiger partial charge < -0.3 is 15.9 Å². The Morgan fingerprint density at radius 2 is 2.07 bits per heavy atom. The van der Waals surface area contributed by atoms with Crippen molar-refractivity contribution in [3.05, 3.63) is 23.8 Å². The fraction of sp³-hybridized carbons (Fsp3) is 0. The molecule has 0 unspecified atom stereocenters. The van der Waals surface area contributed by atoms with Gasteiger partial charge in [0.15, 0.2) is 5.06 Å². The van der Waals surface area contributed by atoms with Crippen LogP contribution in [0.3, 0.4) is 0 Å². The molecular formula is C9H7NO3S. The van der Waals surface area contributed by atoms with Crippen molar-refractivity contribution in [2.75, 3.05) is 5.73 Å². The molecule has 0 spiro atoms. The van der Waals surface area contributed by atoms with Crippen LogP contribution in [0.4, 0.5) is 5.69 Å². The van der Waals surface area contributed by atoms with Gasteiger partial charge in [-0.3, -0.25) is 0 Å². The summed E-state index contributed by atoms with van der Waals surface area (Å²) >= 11 is 1.17. The van der Waals surface area contributed by atoms with Crippen LogP contribution < -0.4 is 5.73 Å². The van der Waals surface area contributed by atoms with Gasteiger partial charge >= 0.3 is 5.97 Å². The molecule has 0 aliphatic rings. The number of thiophene rings is 1. The first-order valence-electron chi connectivity index (χ1n) is 3.83. The highest BCUT2D eigenvalue weighted by Gasteiger charge is 2.10. The number of aromatic carboxylic acids is 1. The van der Waals surface area contributed by atoms with E-state index in [9.17, 15) is 9.90 Å². The summed E-state index contributed by atoms with van der Waals surface area (Å²) in [6, 6.07) is 4.54. The maximum atomic E-state index is 10.7. The lowest BCUT2D eigenvalue weighted by atomic mass is 10.1. The number of rotatable bonds is 1. The van der Waals surface area contributed by atoms with Crippen molar-refractivity contribution < 1.29 is 15.0 Å². The molecule has 2 rings (SSSR count). The number of hydrogen-bond donors (Lipinski definition) is 3. The van der Waals surface area contributed by atoms with Gasteiger partial charge in [-0.25, -0.2) is 4.79 Å². The normalized spacial score (nSPS) is 10.6. The van der Waals surface area contributed by atoms with E-state index in [2.05, 4.69) is 0 Å². The molecule has 0 bridgehead atoms. The number of benzene rings is 1. The molecule has 0 radical (unpaired) electrons. The molecule has 1 heterocycles. The smallest absolute Gasteiger partial charge is 0.337 e. The van der Waals surface area contributed by atoms with E-state index >= 15 is 0 Å². The van der Waals surface area contributed by atoms with Crippen molar-refractivity contribution in [3.8, 4) is 5.06 Å². The van der Waals surface area contributed by atoms with Crippen LogP contribution in [0.5, 0.6) is 5.06 Å². The third-order valence-corrected chi connectivity index (χ3v) is 2.81. The largest absolute Gasteiger partial charge is 0.499 e. The molecule has 5 heteroatoms. The van der Waals surface area contributed by atoms with Crippen LogP contribution in [0.2, 0.25) is 0 Å². The van der Waals surface area contributed by atoms with Crippen molar-refractivity contribution in [1.82, 2.24) is 0 Å². The number of aromatic hydroxyl groups is 1. The van der Waals surface area contributed by atoms with Gasteiger partial charge in [-0.1, -0.05) is 11.3 Å². The van der Waals surface area contributed by atoms with E-state index in [1.165, 1.54) is 23.5 Å². The van der Waals surface area contributed by atoms with Gasteiger partial charge in [0, 0.05) is 10.4 Å². The Morgan fingerprint density at radius 1 is 1.36 bits per heavy atom. The second kappa shape index (κ2) is 2.88. The summed E-state index contributed by atoms with van der Waals surface area (Å²) < 4.78 is 0.782. The van der Waals surface area contributed by atoms with Crippen molar-refractivity contribution >= 4 is 33.1 Å². The monoisotopic (exact) mass is 209 g/mol. The van der Waals surface area contributed by atoms with Crippen LogP contribution in [0.25, 0.3) is 10.1 Å². The molecule has 0 aliphatic heterocycles. The third kappa shape index (κ3) is 1.27. The molecule has 0 aliphatic carbocycles. The molecule has 0 saturated carbocycles. The van der Waals surface area contributed by atoms with Crippen molar-refractivity contribution in [1.29, 1.82) is 0 Å². The molecule has 14 heavy (non-hydrogen) atoms. The molecule has 4 nitrogen and oxygen atoms in total. The average molecular weight is 209 g/mol. The minimum absolute atomic E-state index is 0.0651. The van der Waals surface area contributed by atoms with Gasteiger partial charge in [0.25, 0.3) is 0 Å². The summed E-state index contributed by atoms with van der Waals surface area (Å²) in [4.78, 5) is 10.7. The van der Waals surface area contributed by atoms with Crippen LogP contribution in [0.1, 0.15) is 10.4 Å². The van der Waals surface area contributed by atoms with Gasteiger partial charge in [0.05, 0.1) is 5.56 Å². The summed E-state index contributed by atoms with van der Waals surface area (Å²) in [6.45, 7) is 0. The van der Waals surface area contributed by atoms with E-state index in [1.807, 2.05) is 0 Å². The highest BCUT2D eigenvalue weighted by Crippen LogP contribution is 2.33. The number of carbonyl (C=O) groups is 1. The Kier molecular flexibility index (Phi) is 1.82. The van der Waals surface area contributed by atoms with Gasteiger partial charge in [-0.15, -0.1) is 0 Å². The summed E-state index contributed by atoms with van der Waals surface area (Å²) in [5.74, 6) is -1.06. The van der Waals surface area contributed by atoms with Crippen molar-refractivity contribution in [2.24, 2.45) is 0 Å². The number of carboxylic acid groups (broad SMARTS) is 1. The lowest BCUT2D eigenvalue weighted by molar-refractivity contribution is 0.0698. The first-order chi connectivity index (χ1) is 6.58. The highest BCUT2D eigenvalue weighted by atomic mass is 32.1. The Hall–Kier alpha value is -1.75. The predicted molar refractivity (Wildman–Crippen MR) is 54.9 cm³/mol. The van der Waals surface area contributed by atoms with Gasteiger partial charge in [-0.2, -0.15) is 0 Å². The van der Waals surface area contributed by atoms with E-state index in [1.54, 1.807) is 6.07 Å². The summed E-state index contributed by atoms with van der Waals surface area (Å²) in [5, 5.41) is 18.8. The number of carboxylic acids is 1. The summed E-state index contributed by atoms with van der Waals surface area (Å²) in [7, 11) is 0. The zero-order valence-corrected chi connectivity index (χ0v) is 7.84. The van der Waals surface area contributed by atoms with E-state index in [0.717, 1.165) is 4.70 Å². The lowest BCUT2D eigenvalue weighted by Gasteiger charge is -1.99. The quantitative estimate of drug-likeness (QED) is 0.626. The molecule has 0 amide bonds. The Bertz CT molecular complexity index is 518. The summed E-state index contributed by atoms with van der Waals surface area (Å²) in [5.41, 5.74) is 5.82. The molecule has 1 aromatic carbocycles.